The Morgan fingerprint density at radius 2 is 2.10 bits per heavy atom. The summed E-state index contributed by atoms with van der Waals surface area (Å²) in [5, 5.41) is 14.6. The first-order valence-corrected chi connectivity index (χ1v) is 8.57. The van der Waals surface area contributed by atoms with Crippen molar-refractivity contribution in [2.75, 3.05) is 26.2 Å². The van der Waals surface area contributed by atoms with Gasteiger partial charge in [0.15, 0.2) is 0 Å². The molecular formula is C14H22N2O4S. The molecule has 0 spiro atoms. The molecule has 1 fully saturated rings. The fraction of sp³-hybridized carbons (Fsp3) is 0.571. The van der Waals surface area contributed by atoms with Crippen LogP contribution in [-0.2, 0) is 10.0 Å². The summed E-state index contributed by atoms with van der Waals surface area (Å²) in [4.78, 5) is 2.34. The van der Waals surface area contributed by atoms with Crippen molar-refractivity contribution in [2.24, 2.45) is 11.1 Å². The summed E-state index contributed by atoms with van der Waals surface area (Å²) in [6.45, 7) is 5.02. The van der Waals surface area contributed by atoms with Gasteiger partial charge >= 0.3 is 0 Å². The molecule has 1 saturated heterocycles. The van der Waals surface area contributed by atoms with Crippen molar-refractivity contribution in [3.05, 3.63) is 24.3 Å². The minimum Gasteiger partial charge on any atom is -0.492 e. The molecule has 2 rings (SSSR count). The van der Waals surface area contributed by atoms with Crippen molar-refractivity contribution in [3.8, 4) is 5.75 Å². The van der Waals surface area contributed by atoms with E-state index in [1.807, 2.05) is 6.92 Å². The van der Waals surface area contributed by atoms with Crippen molar-refractivity contribution in [1.82, 2.24) is 4.90 Å². The molecule has 2 atom stereocenters. The second-order valence-electron chi connectivity index (χ2n) is 5.45. The topological polar surface area (TPSA) is 92.9 Å². The molecule has 0 radical (unpaired) electrons. The van der Waals surface area contributed by atoms with Crippen LogP contribution in [0.5, 0.6) is 5.75 Å². The second-order valence-corrected chi connectivity index (χ2v) is 7.02. The van der Waals surface area contributed by atoms with E-state index in [2.05, 4.69) is 4.90 Å². The molecule has 21 heavy (non-hydrogen) atoms. The number of benzene rings is 1. The molecular weight excluding hydrogens is 292 g/mol. The zero-order valence-corrected chi connectivity index (χ0v) is 12.9. The fourth-order valence-corrected chi connectivity index (χ4v) is 2.99. The van der Waals surface area contributed by atoms with Gasteiger partial charge in [0.25, 0.3) is 0 Å². The number of nitrogens with two attached hydrogens (primary N) is 1. The van der Waals surface area contributed by atoms with E-state index in [1.54, 1.807) is 12.1 Å². The molecule has 6 nitrogen and oxygen atoms in total. The zero-order chi connectivity index (χ0) is 15.5. The second kappa shape index (κ2) is 6.74. The highest BCUT2D eigenvalue weighted by Crippen LogP contribution is 2.19. The van der Waals surface area contributed by atoms with E-state index < -0.39 is 10.0 Å². The Balaban J connectivity index is 1.77. The zero-order valence-electron chi connectivity index (χ0n) is 12.1. The Kier molecular flexibility index (Phi) is 5.21. The molecule has 0 bridgehead atoms. The smallest absolute Gasteiger partial charge is 0.238 e. The molecule has 0 aliphatic carbocycles. The van der Waals surface area contributed by atoms with E-state index in [4.69, 9.17) is 9.88 Å². The van der Waals surface area contributed by atoms with Gasteiger partial charge < -0.3 is 9.84 Å². The van der Waals surface area contributed by atoms with Crippen molar-refractivity contribution in [1.29, 1.82) is 0 Å². The maximum atomic E-state index is 11.1. The molecule has 0 saturated carbocycles. The van der Waals surface area contributed by atoms with Crippen molar-refractivity contribution in [3.63, 3.8) is 0 Å². The summed E-state index contributed by atoms with van der Waals surface area (Å²) in [5.41, 5.74) is 0. The first-order chi connectivity index (χ1) is 9.86. The molecule has 7 heteroatoms. The van der Waals surface area contributed by atoms with Gasteiger partial charge in [-0.05, 0) is 50.1 Å². The average molecular weight is 314 g/mol. The molecule has 1 heterocycles. The van der Waals surface area contributed by atoms with Gasteiger partial charge in [0.1, 0.15) is 12.4 Å². The number of aliphatic hydroxyl groups is 1. The normalized spacial score (nSPS) is 21.4. The van der Waals surface area contributed by atoms with Gasteiger partial charge in [-0.3, -0.25) is 4.90 Å². The summed E-state index contributed by atoms with van der Waals surface area (Å²) < 4.78 is 27.8. The molecule has 0 aromatic heterocycles. The van der Waals surface area contributed by atoms with Gasteiger partial charge in [0.05, 0.1) is 11.0 Å². The summed E-state index contributed by atoms with van der Waals surface area (Å²) >= 11 is 0. The number of sulfonamides is 1. The van der Waals surface area contributed by atoms with E-state index in [0.717, 1.165) is 26.1 Å². The summed E-state index contributed by atoms with van der Waals surface area (Å²) in [7, 11) is -3.65. The van der Waals surface area contributed by atoms with Crippen LogP contribution in [0.3, 0.4) is 0 Å². The van der Waals surface area contributed by atoms with Gasteiger partial charge in [0, 0.05) is 13.1 Å². The lowest BCUT2D eigenvalue weighted by Crippen LogP contribution is -2.28. The van der Waals surface area contributed by atoms with Gasteiger partial charge in [-0.2, -0.15) is 0 Å². The maximum absolute atomic E-state index is 11.1. The van der Waals surface area contributed by atoms with Crippen LogP contribution in [0.4, 0.5) is 0 Å². The van der Waals surface area contributed by atoms with Crippen LogP contribution in [0.1, 0.15) is 13.3 Å². The van der Waals surface area contributed by atoms with Crippen molar-refractivity contribution < 1.29 is 18.3 Å². The maximum Gasteiger partial charge on any atom is 0.238 e. The van der Waals surface area contributed by atoms with E-state index in [9.17, 15) is 13.5 Å². The number of hydrogen-bond acceptors (Lipinski definition) is 5. The van der Waals surface area contributed by atoms with Crippen LogP contribution < -0.4 is 9.88 Å². The van der Waals surface area contributed by atoms with Crippen molar-refractivity contribution >= 4 is 10.0 Å². The SMILES string of the molecule is CC(O)C1CCN(CCOc2ccc(S(N)(=O)=O)cc2)C1. The van der Waals surface area contributed by atoms with Crippen LogP contribution in [0.25, 0.3) is 0 Å². The van der Waals surface area contributed by atoms with Gasteiger partial charge in [0.2, 0.25) is 10.0 Å². The molecule has 1 aliphatic heterocycles. The first-order valence-electron chi connectivity index (χ1n) is 7.02. The standard InChI is InChI=1S/C14H22N2O4S/c1-11(17)12-6-7-16(10-12)8-9-20-13-2-4-14(5-3-13)21(15,18)19/h2-5,11-12,17H,6-10H2,1H3,(H2,15,18,19). The van der Waals surface area contributed by atoms with E-state index >= 15 is 0 Å². The highest BCUT2D eigenvalue weighted by atomic mass is 32.2. The molecule has 0 amide bonds. The van der Waals surface area contributed by atoms with Crippen LogP contribution in [-0.4, -0.2) is 50.8 Å². The lowest BCUT2D eigenvalue weighted by Gasteiger charge is -2.17. The Hall–Kier alpha value is -1.15. The molecule has 1 aromatic carbocycles. The van der Waals surface area contributed by atoms with E-state index in [-0.39, 0.29) is 11.0 Å². The Bertz CT molecular complexity index is 557. The predicted molar refractivity (Wildman–Crippen MR) is 79.5 cm³/mol. The monoisotopic (exact) mass is 314 g/mol. The average Bonchev–Trinajstić information content (AvgIpc) is 2.87. The minimum absolute atomic E-state index is 0.0779. The van der Waals surface area contributed by atoms with Crippen LogP contribution in [0.2, 0.25) is 0 Å². The number of primary sulfonamides is 1. The van der Waals surface area contributed by atoms with Gasteiger partial charge in [-0.15, -0.1) is 0 Å². The minimum atomic E-state index is -3.65. The Morgan fingerprint density at radius 3 is 2.62 bits per heavy atom. The summed E-state index contributed by atoms with van der Waals surface area (Å²) in [6.07, 6.45) is 0.752. The Morgan fingerprint density at radius 1 is 1.43 bits per heavy atom. The summed E-state index contributed by atoms with van der Waals surface area (Å²) in [5.74, 6) is 0.965. The van der Waals surface area contributed by atoms with Crippen LogP contribution >= 0.6 is 0 Å². The van der Waals surface area contributed by atoms with Gasteiger partial charge in [-0.25, -0.2) is 13.6 Å². The van der Waals surface area contributed by atoms with Crippen molar-refractivity contribution in [2.45, 2.75) is 24.3 Å². The highest BCUT2D eigenvalue weighted by Gasteiger charge is 2.25. The fourth-order valence-electron chi connectivity index (χ4n) is 2.48. The number of hydrogen-bond donors (Lipinski definition) is 2. The van der Waals surface area contributed by atoms with E-state index in [0.29, 0.717) is 18.3 Å². The third-order valence-corrected chi connectivity index (χ3v) is 4.75. The molecule has 3 N–H and O–H groups in total. The predicted octanol–water partition coefficient (Wildman–Crippen LogP) is 0.416. The molecule has 2 unspecified atom stereocenters. The quantitative estimate of drug-likeness (QED) is 0.793. The lowest BCUT2D eigenvalue weighted by molar-refractivity contribution is 0.125. The number of ether oxygens (including phenoxy) is 1. The third-order valence-electron chi connectivity index (χ3n) is 3.82. The molecule has 1 aliphatic rings. The number of aliphatic hydroxyl groups excluding tert-OH is 1. The summed E-state index contributed by atoms with van der Waals surface area (Å²) in [6, 6.07) is 6.07. The first kappa shape index (κ1) is 16.2. The van der Waals surface area contributed by atoms with E-state index in [1.165, 1.54) is 12.1 Å². The molecule has 1 aromatic rings. The number of likely N-dealkylation sites (tertiary alicyclic amines) is 1. The van der Waals surface area contributed by atoms with Crippen LogP contribution in [0.15, 0.2) is 29.2 Å². The lowest BCUT2D eigenvalue weighted by atomic mass is 10.0. The van der Waals surface area contributed by atoms with Crippen LogP contribution in [0, 0.1) is 5.92 Å². The third kappa shape index (κ3) is 4.67. The van der Waals surface area contributed by atoms with Gasteiger partial charge in [-0.1, -0.05) is 0 Å². The largest absolute Gasteiger partial charge is 0.492 e. The number of rotatable bonds is 6. The molecule has 118 valence electrons. The Labute approximate surface area is 125 Å². The number of nitrogens with zero attached hydrogens (tertiary/aromatic N) is 1. The highest BCUT2D eigenvalue weighted by molar-refractivity contribution is 7.89.